The maximum atomic E-state index is 13.9. The van der Waals surface area contributed by atoms with Crippen LogP contribution >= 0.6 is 0 Å². The Morgan fingerprint density at radius 2 is 2.17 bits per heavy atom. The minimum atomic E-state index is -0.814. The zero-order valence-corrected chi connectivity index (χ0v) is 14.8. The topological polar surface area (TPSA) is 53.4 Å². The van der Waals surface area contributed by atoms with Gasteiger partial charge in [-0.1, -0.05) is 0 Å². The number of carbonyl (C=O) groups is 1. The van der Waals surface area contributed by atoms with Crippen LogP contribution in [0.15, 0.2) is 12.4 Å². The van der Waals surface area contributed by atoms with Gasteiger partial charge in [0.05, 0.1) is 6.20 Å². The zero-order chi connectivity index (χ0) is 17.3. The van der Waals surface area contributed by atoms with E-state index in [-0.39, 0.29) is 17.9 Å². The summed E-state index contributed by atoms with van der Waals surface area (Å²) in [6.07, 6.45) is 5.30. The van der Waals surface area contributed by atoms with E-state index in [9.17, 15) is 9.18 Å². The number of nitrogens with one attached hydrogen (secondary N) is 1. The summed E-state index contributed by atoms with van der Waals surface area (Å²) in [6.45, 7) is 1.64. The number of aromatic nitrogens is 2. The average molecular weight is 337 g/mol. The van der Waals surface area contributed by atoms with Crippen molar-refractivity contribution < 1.29 is 9.18 Å². The maximum Gasteiger partial charge on any atom is 0.223 e. The fraction of sp³-hybridized carbons (Fsp3) is 0.765. The second kappa shape index (κ2) is 7.19. The number of likely N-dealkylation sites (tertiary alicyclic amines) is 1. The van der Waals surface area contributed by atoms with E-state index < -0.39 is 6.17 Å². The van der Waals surface area contributed by atoms with Crippen molar-refractivity contribution in [1.82, 2.24) is 24.9 Å². The summed E-state index contributed by atoms with van der Waals surface area (Å²) in [5.41, 5.74) is 1.08. The van der Waals surface area contributed by atoms with Crippen molar-refractivity contribution in [2.24, 2.45) is 13.0 Å². The Morgan fingerprint density at radius 3 is 2.79 bits per heavy atom. The highest BCUT2D eigenvalue weighted by Crippen LogP contribution is 2.30. The molecule has 2 atom stereocenters. The van der Waals surface area contributed by atoms with E-state index in [1.165, 1.54) is 0 Å². The molecule has 134 valence electrons. The molecule has 7 heteroatoms. The molecule has 6 nitrogen and oxygen atoms in total. The Bertz CT molecular complexity index is 569. The lowest BCUT2D eigenvalue weighted by atomic mass is 9.79. The first kappa shape index (κ1) is 17.4. The number of nitrogens with zero attached hydrogens (tertiary/aromatic N) is 4. The van der Waals surface area contributed by atoms with Crippen molar-refractivity contribution in [2.45, 2.75) is 44.1 Å². The highest BCUT2D eigenvalue weighted by atomic mass is 19.1. The van der Waals surface area contributed by atoms with E-state index in [1.807, 2.05) is 19.4 Å². The van der Waals surface area contributed by atoms with E-state index in [0.29, 0.717) is 32.1 Å². The minimum absolute atomic E-state index is 0.0638. The van der Waals surface area contributed by atoms with Crippen LogP contribution in [-0.4, -0.2) is 70.9 Å². The number of halogens is 1. The van der Waals surface area contributed by atoms with Gasteiger partial charge in [0, 0.05) is 56.4 Å². The van der Waals surface area contributed by atoms with Gasteiger partial charge in [-0.15, -0.1) is 0 Å². The summed E-state index contributed by atoms with van der Waals surface area (Å²) in [6, 6.07) is 0.582. The standard InChI is InChI=1S/C17H28FN5O/c1-21(2)15-4-13(5-15)17(24)19-8-16-6-14(18)11-23(16)10-12-7-20-22(3)9-12/h7,9,13-16H,4-6,8,10-11H2,1-3H3,(H,19,24)/t13?,14-,15?,16-/m0/s1. The zero-order valence-electron chi connectivity index (χ0n) is 14.8. The Balaban J connectivity index is 1.47. The van der Waals surface area contributed by atoms with Gasteiger partial charge in [-0.25, -0.2) is 4.39 Å². The van der Waals surface area contributed by atoms with E-state index in [0.717, 1.165) is 18.4 Å². The lowest BCUT2D eigenvalue weighted by molar-refractivity contribution is -0.129. The van der Waals surface area contributed by atoms with Crippen molar-refractivity contribution in [2.75, 3.05) is 27.2 Å². The first-order chi connectivity index (χ1) is 11.4. The second-order valence-electron chi connectivity index (χ2n) is 7.47. The van der Waals surface area contributed by atoms with Crippen molar-refractivity contribution in [3.63, 3.8) is 0 Å². The number of hydrogen-bond acceptors (Lipinski definition) is 4. The van der Waals surface area contributed by atoms with Gasteiger partial charge in [0.1, 0.15) is 6.17 Å². The number of hydrogen-bond donors (Lipinski definition) is 1. The van der Waals surface area contributed by atoms with E-state index in [1.54, 1.807) is 4.68 Å². The number of rotatable bonds is 6. The van der Waals surface area contributed by atoms with Crippen LogP contribution in [0.3, 0.4) is 0 Å². The van der Waals surface area contributed by atoms with Crippen molar-refractivity contribution in [3.8, 4) is 0 Å². The molecule has 2 fully saturated rings. The number of carbonyl (C=O) groups excluding carboxylic acids is 1. The summed E-state index contributed by atoms with van der Waals surface area (Å²) in [4.78, 5) is 16.5. The second-order valence-corrected chi connectivity index (χ2v) is 7.47. The largest absolute Gasteiger partial charge is 0.354 e. The maximum absolute atomic E-state index is 13.9. The normalized spacial score (nSPS) is 30.5. The molecular weight excluding hydrogens is 309 g/mol. The molecule has 1 saturated carbocycles. The van der Waals surface area contributed by atoms with Gasteiger partial charge in [0.25, 0.3) is 0 Å². The van der Waals surface area contributed by atoms with Crippen LogP contribution in [0.5, 0.6) is 0 Å². The van der Waals surface area contributed by atoms with Gasteiger partial charge >= 0.3 is 0 Å². The molecule has 1 N–H and O–H groups in total. The molecule has 0 aromatic carbocycles. The van der Waals surface area contributed by atoms with Gasteiger partial charge in [-0.2, -0.15) is 5.10 Å². The monoisotopic (exact) mass is 337 g/mol. The molecule has 1 amide bonds. The molecule has 1 aromatic heterocycles. The molecule has 1 aliphatic carbocycles. The quantitative estimate of drug-likeness (QED) is 0.834. The van der Waals surface area contributed by atoms with Crippen LogP contribution in [0, 0.1) is 5.92 Å². The van der Waals surface area contributed by atoms with Crippen LogP contribution in [0.2, 0.25) is 0 Å². The van der Waals surface area contributed by atoms with Gasteiger partial charge in [0.2, 0.25) is 5.91 Å². The van der Waals surface area contributed by atoms with Crippen LogP contribution in [0.1, 0.15) is 24.8 Å². The molecule has 3 rings (SSSR count). The van der Waals surface area contributed by atoms with Gasteiger partial charge < -0.3 is 10.2 Å². The molecule has 1 aromatic rings. The molecule has 24 heavy (non-hydrogen) atoms. The third-order valence-electron chi connectivity index (χ3n) is 5.35. The lowest BCUT2D eigenvalue weighted by Crippen LogP contribution is -2.49. The third kappa shape index (κ3) is 3.95. The molecular formula is C17H28FN5O. The SMILES string of the molecule is CN(C)C1CC(C(=O)NC[C@@H]2C[C@H](F)CN2Cc2cnn(C)c2)C1. The lowest BCUT2D eigenvalue weighted by Gasteiger charge is -2.38. The van der Waals surface area contributed by atoms with Crippen molar-refractivity contribution >= 4 is 5.91 Å². The molecule has 0 radical (unpaired) electrons. The van der Waals surface area contributed by atoms with E-state index in [4.69, 9.17) is 0 Å². The molecule has 0 unspecified atom stereocenters. The molecule has 0 spiro atoms. The fourth-order valence-electron chi connectivity index (χ4n) is 3.70. The smallest absolute Gasteiger partial charge is 0.223 e. The average Bonchev–Trinajstić information content (AvgIpc) is 3.00. The molecule has 0 bridgehead atoms. The summed E-state index contributed by atoms with van der Waals surface area (Å²) < 4.78 is 15.6. The van der Waals surface area contributed by atoms with Crippen LogP contribution in [-0.2, 0) is 18.4 Å². The Morgan fingerprint density at radius 1 is 1.42 bits per heavy atom. The first-order valence-corrected chi connectivity index (χ1v) is 8.72. The number of alkyl halides is 1. The fourth-order valence-corrected chi connectivity index (χ4v) is 3.70. The van der Waals surface area contributed by atoms with Crippen LogP contribution in [0.25, 0.3) is 0 Å². The van der Waals surface area contributed by atoms with Gasteiger partial charge in [-0.05, 0) is 33.4 Å². The highest BCUT2D eigenvalue weighted by molar-refractivity contribution is 5.79. The molecule has 1 aliphatic heterocycles. The Kier molecular flexibility index (Phi) is 5.20. The minimum Gasteiger partial charge on any atom is -0.354 e. The third-order valence-corrected chi connectivity index (χ3v) is 5.35. The van der Waals surface area contributed by atoms with Crippen LogP contribution < -0.4 is 5.32 Å². The summed E-state index contributed by atoms with van der Waals surface area (Å²) in [5.74, 6) is 0.239. The van der Waals surface area contributed by atoms with Gasteiger partial charge in [0.15, 0.2) is 0 Å². The summed E-state index contributed by atoms with van der Waals surface area (Å²) in [5, 5.41) is 7.20. The van der Waals surface area contributed by atoms with E-state index in [2.05, 4.69) is 34.3 Å². The molecule has 2 heterocycles. The Hall–Kier alpha value is -1.47. The van der Waals surface area contributed by atoms with Crippen molar-refractivity contribution in [1.29, 1.82) is 0 Å². The summed E-state index contributed by atoms with van der Waals surface area (Å²) >= 11 is 0. The Labute approximate surface area is 143 Å². The number of aryl methyl sites for hydroxylation is 1. The molecule has 2 aliphatic rings. The van der Waals surface area contributed by atoms with Crippen LogP contribution in [0.4, 0.5) is 4.39 Å². The van der Waals surface area contributed by atoms with Crippen molar-refractivity contribution in [3.05, 3.63) is 18.0 Å². The molecule has 1 saturated heterocycles. The highest BCUT2D eigenvalue weighted by Gasteiger charge is 2.37. The summed E-state index contributed by atoms with van der Waals surface area (Å²) in [7, 11) is 5.98. The predicted molar refractivity (Wildman–Crippen MR) is 90.1 cm³/mol. The first-order valence-electron chi connectivity index (χ1n) is 8.72. The predicted octanol–water partition coefficient (Wildman–Crippen LogP) is 0.789. The number of amides is 1. The van der Waals surface area contributed by atoms with E-state index >= 15 is 0 Å². The van der Waals surface area contributed by atoms with Gasteiger partial charge in [-0.3, -0.25) is 14.4 Å².